The molecule has 7 heteroatoms. The van der Waals surface area contributed by atoms with Gasteiger partial charge in [-0.05, 0) is 0 Å². The predicted molar refractivity (Wildman–Crippen MR) is 36.9 cm³/mol. The van der Waals surface area contributed by atoms with E-state index in [2.05, 4.69) is 14.7 Å². The molecule has 0 aliphatic heterocycles. The zero-order valence-corrected chi connectivity index (χ0v) is 6.88. The van der Waals surface area contributed by atoms with E-state index in [0.717, 1.165) is 6.20 Å². The van der Waals surface area contributed by atoms with Crippen molar-refractivity contribution in [1.29, 1.82) is 0 Å². The molecule has 0 saturated carbocycles. The zero-order chi connectivity index (χ0) is 9.19. The van der Waals surface area contributed by atoms with Crippen LogP contribution >= 0.6 is 0 Å². The van der Waals surface area contributed by atoms with E-state index >= 15 is 0 Å². The Bertz CT molecular complexity index is 378. The molecule has 1 rings (SSSR count). The summed E-state index contributed by atoms with van der Waals surface area (Å²) in [6.45, 7) is 0. The smallest absolute Gasteiger partial charge is 0.355 e. The van der Waals surface area contributed by atoms with Crippen LogP contribution in [0.25, 0.3) is 0 Å². The number of aromatic nitrogens is 2. The van der Waals surface area contributed by atoms with E-state index in [1.807, 2.05) is 0 Å². The molecular weight excluding hydrogens is 187 g/mol. The number of hydrogen-bond acceptors (Lipinski definition) is 5. The molecule has 12 heavy (non-hydrogen) atoms. The van der Waals surface area contributed by atoms with Gasteiger partial charge >= 0.3 is 10.2 Å². The highest BCUT2D eigenvalue weighted by Crippen LogP contribution is 2.18. The van der Waals surface area contributed by atoms with Gasteiger partial charge in [-0.15, -0.1) is 0 Å². The van der Waals surface area contributed by atoms with Gasteiger partial charge in [-0.2, -0.15) is 8.42 Å². The summed E-state index contributed by atoms with van der Waals surface area (Å²) in [7, 11) is -3.66. The Morgan fingerprint density at radius 1 is 1.42 bits per heavy atom. The third-order valence-corrected chi connectivity index (χ3v) is 1.80. The Balaban J connectivity index is 3.33. The second-order valence-electron chi connectivity index (χ2n) is 1.81. The van der Waals surface area contributed by atoms with Crippen molar-refractivity contribution in [3.63, 3.8) is 0 Å². The van der Waals surface area contributed by atoms with Gasteiger partial charge in [0.2, 0.25) is 5.03 Å². The molecule has 1 aromatic rings. The topological polar surface area (TPSA) is 69.2 Å². The molecule has 0 aliphatic rings. The standard InChI is InChI=1S/C5H5FN2O3S/c1-11-4-5(12(6,9)10)8-3-2-7-4/h2-3H,1H3. The molecule has 0 atom stereocenters. The first-order chi connectivity index (χ1) is 5.55. The van der Waals surface area contributed by atoms with Crippen molar-refractivity contribution in [2.24, 2.45) is 0 Å². The summed E-state index contributed by atoms with van der Waals surface area (Å²) in [6, 6.07) is 0. The fourth-order valence-corrected chi connectivity index (χ4v) is 1.15. The zero-order valence-electron chi connectivity index (χ0n) is 6.06. The van der Waals surface area contributed by atoms with E-state index in [4.69, 9.17) is 0 Å². The maximum absolute atomic E-state index is 12.4. The van der Waals surface area contributed by atoms with Crippen LogP contribution in [0.15, 0.2) is 17.4 Å². The van der Waals surface area contributed by atoms with Crippen molar-refractivity contribution in [2.75, 3.05) is 7.11 Å². The molecular formula is C5H5FN2O3S. The fourth-order valence-electron chi connectivity index (χ4n) is 0.620. The van der Waals surface area contributed by atoms with Gasteiger partial charge in [0.25, 0.3) is 5.88 Å². The van der Waals surface area contributed by atoms with Crippen molar-refractivity contribution >= 4 is 10.2 Å². The fraction of sp³-hybridized carbons (Fsp3) is 0.200. The number of methoxy groups -OCH3 is 1. The molecule has 0 unspecified atom stereocenters. The number of hydrogen-bond donors (Lipinski definition) is 0. The number of ether oxygens (including phenoxy) is 1. The quantitative estimate of drug-likeness (QED) is 0.623. The van der Waals surface area contributed by atoms with Crippen LogP contribution in [0.4, 0.5) is 3.89 Å². The number of nitrogens with zero attached hydrogens (tertiary/aromatic N) is 2. The number of halogens is 1. The van der Waals surface area contributed by atoms with Gasteiger partial charge in [0, 0.05) is 12.4 Å². The first-order valence-corrected chi connectivity index (χ1v) is 4.23. The van der Waals surface area contributed by atoms with Crippen molar-refractivity contribution in [1.82, 2.24) is 9.97 Å². The van der Waals surface area contributed by atoms with E-state index < -0.39 is 15.2 Å². The van der Waals surface area contributed by atoms with Gasteiger partial charge in [-0.25, -0.2) is 9.97 Å². The lowest BCUT2D eigenvalue weighted by Crippen LogP contribution is -2.01. The van der Waals surface area contributed by atoms with Crippen molar-refractivity contribution in [3.05, 3.63) is 12.4 Å². The first-order valence-electron chi connectivity index (χ1n) is 2.85. The average Bonchev–Trinajstić information content (AvgIpc) is 2.03. The Labute approximate surface area is 68.4 Å². The summed E-state index contributed by atoms with van der Waals surface area (Å²) >= 11 is 0. The number of rotatable bonds is 2. The van der Waals surface area contributed by atoms with E-state index in [9.17, 15) is 12.3 Å². The molecule has 0 radical (unpaired) electrons. The highest BCUT2D eigenvalue weighted by Gasteiger charge is 2.20. The van der Waals surface area contributed by atoms with Gasteiger partial charge in [-0.3, -0.25) is 0 Å². The lowest BCUT2D eigenvalue weighted by molar-refractivity contribution is 0.378. The van der Waals surface area contributed by atoms with Crippen LogP contribution in [-0.2, 0) is 10.2 Å². The highest BCUT2D eigenvalue weighted by atomic mass is 32.3. The van der Waals surface area contributed by atoms with Crippen molar-refractivity contribution in [2.45, 2.75) is 5.03 Å². The van der Waals surface area contributed by atoms with Crippen LogP contribution < -0.4 is 4.74 Å². The van der Waals surface area contributed by atoms with Crippen LogP contribution in [0.3, 0.4) is 0 Å². The Morgan fingerprint density at radius 2 is 2.00 bits per heavy atom. The summed E-state index contributed by atoms with van der Waals surface area (Å²) in [5.41, 5.74) is 0. The van der Waals surface area contributed by atoms with Gasteiger partial charge in [0.15, 0.2) is 0 Å². The normalized spacial score (nSPS) is 11.2. The minimum atomic E-state index is -4.84. The summed E-state index contributed by atoms with van der Waals surface area (Å²) in [6.07, 6.45) is 2.27. The van der Waals surface area contributed by atoms with Crippen molar-refractivity contribution in [3.8, 4) is 5.88 Å². The maximum atomic E-state index is 12.4. The lowest BCUT2D eigenvalue weighted by Gasteiger charge is -1.99. The second-order valence-corrected chi connectivity index (χ2v) is 3.07. The van der Waals surface area contributed by atoms with Crippen LogP contribution in [0.5, 0.6) is 5.88 Å². The first kappa shape index (κ1) is 8.85. The summed E-state index contributed by atoms with van der Waals surface area (Å²) in [4.78, 5) is 6.73. The Hall–Kier alpha value is -1.24. The Kier molecular flexibility index (Phi) is 2.22. The molecule has 0 saturated heterocycles. The van der Waals surface area contributed by atoms with Crippen LogP contribution in [0.1, 0.15) is 0 Å². The SMILES string of the molecule is COc1nccnc1S(=O)(=O)F. The molecule has 1 heterocycles. The molecule has 0 bridgehead atoms. The molecule has 66 valence electrons. The van der Waals surface area contributed by atoms with Crippen LogP contribution in [0, 0.1) is 0 Å². The predicted octanol–water partition coefficient (Wildman–Crippen LogP) is 0.143. The molecule has 0 amide bonds. The van der Waals surface area contributed by atoms with Gasteiger partial charge in [-0.1, -0.05) is 3.89 Å². The van der Waals surface area contributed by atoms with Crippen LogP contribution in [-0.4, -0.2) is 25.5 Å². The highest BCUT2D eigenvalue weighted by molar-refractivity contribution is 7.86. The minimum Gasteiger partial charge on any atom is -0.479 e. The monoisotopic (exact) mass is 192 g/mol. The van der Waals surface area contributed by atoms with Crippen LogP contribution in [0.2, 0.25) is 0 Å². The third-order valence-electron chi connectivity index (χ3n) is 1.06. The lowest BCUT2D eigenvalue weighted by atomic mass is 10.7. The van der Waals surface area contributed by atoms with E-state index in [1.54, 1.807) is 0 Å². The average molecular weight is 192 g/mol. The van der Waals surface area contributed by atoms with E-state index in [0.29, 0.717) is 0 Å². The molecule has 0 spiro atoms. The largest absolute Gasteiger partial charge is 0.479 e. The molecule has 0 N–H and O–H groups in total. The molecule has 1 aromatic heterocycles. The van der Waals surface area contributed by atoms with Gasteiger partial charge in [0.1, 0.15) is 0 Å². The molecule has 0 fully saturated rings. The summed E-state index contributed by atoms with van der Waals surface area (Å²) in [5, 5.41) is -0.799. The maximum Gasteiger partial charge on any atom is 0.355 e. The molecule has 0 aliphatic carbocycles. The van der Waals surface area contributed by atoms with E-state index in [1.165, 1.54) is 13.3 Å². The Morgan fingerprint density at radius 3 is 2.42 bits per heavy atom. The molecule has 5 nitrogen and oxygen atoms in total. The molecule has 0 aromatic carbocycles. The second kappa shape index (κ2) is 3.02. The minimum absolute atomic E-state index is 0.347. The van der Waals surface area contributed by atoms with E-state index in [-0.39, 0.29) is 5.88 Å². The van der Waals surface area contributed by atoms with Gasteiger partial charge < -0.3 is 4.74 Å². The summed E-state index contributed by atoms with van der Waals surface area (Å²) in [5.74, 6) is -0.347. The third kappa shape index (κ3) is 1.67. The van der Waals surface area contributed by atoms with Crippen molar-refractivity contribution < 1.29 is 17.0 Å². The summed E-state index contributed by atoms with van der Waals surface area (Å²) < 4.78 is 37.6. The van der Waals surface area contributed by atoms with Gasteiger partial charge in [0.05, 0.1) is 7.11 Å².